The lowest BCUT2D eigenvalue weighted by Gasteiger charge is -2.59. The zero-order chi connectivity index (χ0) is 18.9. The number of fused-ring (bicyclic) bond motifs is 1. The van der Waals surface area contributed by atoms with Gasteiger partial charge in [0.2, 0.25) is 5.91 Å². The minimum Gasteiger partial charge on any atom is -0.478 e. The number of carboxylic acids is 2. The van der Waals surface area contributed by atoms with Gasteiger partial charge in [-0.1, -0.05) is 11.6 Å². The van der Waals surface area contributed by atoms with E-state index in [0.717, 1.165) is 19.0 Å². The van der Waals surface area contributed by atoms with Gasteiger partial charge in [0.05, 0.1) is 24.7 Å². The van der Waals surface area contributed by atoms with Gasteiger partial charge in [-0.2, -0.15) is 0 Å². The van der Waals surface area contributed by atoms with Gasteiger partial charge in [-0.05, 0) is 25.3 Å². The Labute approximate surface area is 155 Å². The molecule has 0 aromatic heterocycles. The Hall–Kier alpha value is -2.19. The number of carbonyl (C=O) groups is 3. The van der Waals surface area contributed by atoms with Gasteiger partial charge in [-0.25, -0.2) is 9.59 Å². The highest BCUT2D eigenvalue weighted by Gasteiger charge is 2.67. The highest BCUT2D eigenvalue weighted by molar-refractivity contribution is 5.96. The van der Waals surface area contributed by atoms with Crippen LogP contribution in [0.2, 0.25) is 0 Å². The molecule has 8 nitrogen and oxygen atoms in total. The van der Waals surface area contributed by atoms with Crippen molar-refractivity contribution in [3.63, 3.8) is 0 Å². The van der Waals surface area contributed by atoms with Crippen molar-refractivity contribution in [3.8, 4) is 0 Å². The zero-order valence-corrected chi connectivity index (χ0v) is 14.8. The van der Waals surface area contributed by atoms with Crippen LogP contribution in [0.4, 0.5) is 0 Å². The number of aliphatic carboxylic acids is 2. The minimum absolute atomic E-state index is 0.0236. The van der Waals surface area contributed by atoms with E-state index in [1.54, 1.807) is 0 Å². The number of nitrogens with one attached hydrogen (secondary N) is 1. The normalized spacial score (nSPS) is 42.8. The Kier molecular flexibility index (Phi) is 3.55. The fourth-order valence-corrected chi connectivity index (χ4v) is 6.53. The van der Waals surface area contributed by atoms with Crippen LogP contribution in [0.15, 0.2) is 23.3 Å². The molecule has 8 heteroatoms. The van der Waals surface area contributed by atoms with E-state index in [1.807, 2.05) is 0 Å². The molecule has 6 atom stereocenters. The number of carboxylic acid groups (broad SMARTS) is 2. The third kappa shape index (κ3) is 2.20. The topological polar surface area (TPSA) is 116 Å². The summed E-state index contributed by atoms with van der Waals surface area (Å²) in [5, 5.41) is 22.3. The summed E-state index contributed by atoms with van der Waals surface area (Å²) in [5.74, 6) is -2.41. The molecular formula is C19H22N2O6. The van der Waals surface area contributed by atoms with Gasteiger partial charge in [0.1, 0.15) is 0 Å². The Morgan fingerprint density at radius 1 is 1.37 bits per heavy atom. The molecule has 5 aliphatic rings. The van der Waals surface area contributed by atoms with Gasteiger partial charge >= 0.3 is 11.9 Å². The van der Waals surface area contributed by atoms with E-state index < -0.39 is 23.4 Å². The van der Waals surface area contributed by atoms with E-state index in [9.17, 15) is 24.6 Å². The summed E-state index contributed by atoms with van der Waals surface area (Å²) in [5.41, 5.74) is 0.317. The van der Waals surface area contributed by atoms with E-state index in [-0.39, 0.29) is 41.9 Å². The molecule has 3 N–H and O–H groups in total. The molecular weight excluding hydrogens is 352 g/mol. The number of amides is 1. The fraction of sp³-hybridized carbons (Fsp3) is 0.632. The van der Waals surface area contributed by atoms with Crippen molar-refractivity contribution < 1.29 is 29.3 Å². The van der Waals surface area contributed by atoms with Crippen LogP contribution in [-0.4, -0.2) is 70.8 Å². The highest BCUT2D eigenvalue weighted by atomic mass is 16.5. The lowest BCUT2D eigenvalue weighted by Crippen LogP contribution is -2.70. The first-order valence-corrected chi connectivity index (χ1v) is 9.44. The summed E-state index contributed by atoms with van der Waals surface area (Å²) in [6, 6.07) is -0.513. The molecule has 4 aliphatic heterocycles. The molecule has 0 spiro atoms. The summed E-state index contributed by atoms with van der Waals surface area (Å²) in [6.45, 7) is 1.93. The van der Waals surface area contributed by atoms with Gasteiger partial charge in [0.15, 0.2) is 0 Å². The predicted octanol–water partition coefficient (Wildman–Crippen LogP) is 0.00610. The fourth-order valence-electron chi connectivity index (χ4n) is 6.53. The molecule has 0 unspecified atom stereocenters. The second-order valence-electron chi connectivity index (χ2n) is 8.30. The molecule has 3 saturated heterocycles. The highest BCUT2D eigenvalue weighted by Crippen LogP contribution is 2.60. The first-order valence-electron chi connectivity index (χ1n) is 9.44. The summed E-state index contributed by atoms with van der Waals surface area (Å²) in [7, 11) is 0. The molecule has 0 radical (unpaired) electrons. The average molecular weight is 374 g/mol. The van der Waals surface area contributed by atoms with Crippen LogP contribution < -0.4 is 5.32 Å². The second-order valence-corrected chi connectivity index (χ2v) is 8.30. The Bertz CT molecular complexity index is 804. The van der Waals surface area contributed by atoms with Crippen molar-refractivity contribution in [2.45, 2.75) is 37.5 Å². The predicted molar refractivity (Wildman–Crippen MR) is 91.7 cm³/mol. The molecule has 27 heavy (non-hydrogen) atoms. The average Bonchev–Trinajstić information content (AvgIpc) is 2.90. The number of hydrogen-bond donors (Lipinski definition) is 3. The first kappa shape index (κ1) is 16.9. The quantitative estimate of drug-likeness (QED) is 0.470. The van der Waals surface area contributed by atoms with E-state index in [0.29, 0.717) is 19.6 Å². The molecule has 144 valence electrons. The summed E-state index contributed by atoms with van der Waals surface area (Å²) < 4.78 is 6.00. The summed E-state index contributed by atoms with van der Waals surface area (Å²) in [6.07, 6.45) is 4.29. The number of hydrogen-bond acceptors (Lipinski definition) is 5. The molecule has 5 rings (SSSR count). The lowest BCUT2D eigenvalue weighted by molar-refractivity contribution is -0.147. The third-order valence-corrected chi connectivity index (χ3v) is 7.38. The maximum Gasteiger partial charge on any atom is 0.332 e. The van der Waals surface area contributed by atoms with Gasteiger partial charge in [-0.15, -0.1) is 0 Å². The van der Waals surface area contributed by atoms with Gasteiger partial charge in [-0.3, -0.25) is 9.69 Å². The number of nitrogens with zero attached hydrogens (tertiary/aromatic N) is 1. The van der Waals surface area contributed by atoms with Crippen molar-refractivity contribution in [3.05, 3.63) is 23.3 Å². The number of rotatable bonds is 3. The van der Waals surface area contributed by atoms with Crippen LogP contribution in [0, 0.1) is 17.3 Å². The standard InChI is InChI=1S/C19H22N2O6/c22-14-7-12-16-10-5-13-19(17(16)20-14,11(18(25)26)6-15(23)24)2-3-21(13)8-9(10)1-4-27-12/h1,6,10,12-13,16-17H,2-5,7-8H2,(H,20,22)(H,23,24)(H,25,26)/b11-6+/t10-,12-,13-,16-,17-,19-/m1/s1. The van der Waals surface area contributed by atoms with Gasteiger partial charge < -0.3 is 20.3 Å². The largest absolute Gasteiger partial charge is 0.478 e. The van der Waals surface area contributed by atoms with Crippen LogP contribution in [0.25, 0.3) is 0 Å². The molecule has 0 aromatic rings. The molecule has 4 heterocycles. The molecule has 1 saturated carbocycles. The van der Waals surface area contributed by atoms with E-state index in [2.05, 4.69) is 16.3 Å². The number of carbonyl (C=O) groups excluding carboxylic acids is 1. The Morgan fingerprint density at radius 3 is 2.93 bits per heavy atom. The van der Waals surface area contributed by atoms with Crippen LogP contribution in [0.1, 0.15) is 19.3 Å². The molecule has 1 amide bonds. The maximum absolute atomic E-state index is 12.5. The van der Waals surface area contributed by atoms with Crippen molar-refractivity contribution in [2.75, 3.05) is 19.7 Å². The smallest absolute Gasteiger partial charge is 0.332 e. The summed E-state index contributed by atoms with van der Waals surface area (Å²) >= 11 is 0. The van der Waals surface area contributed by atoms with Crippen LogP contribution >= 0.6 is 0 Å². The lowest BCUT2D eigenvalue weighted by atomic mass is 9.52. The first-order chi connectivity index (χ1) is 12.9. The van der Waals surface area contributed by atoms with Crippen molar-refractivity contribution in [1.29, 1.82) is 0 Å². The van der Waals surface area contributed by atoms with Crippen LogP contribution in [0.5, 0.6) is 0 Å². The monoisotopic (exact) mass is 374 g/mol. The zero-order valence-electron chi connectivity index (χ0n) is 14.8. The molecule has 0 aromatic carbocycles. The van der Waals surface area contributed by atoms with Crippen LogP contribution in [0.3, 0.4) is 0 Å². The van der Waals surface area contributed by atoms with Gasteiger partial charge in [0.25, 0.3) is 0 Å². The van der Waals surface area contributed by atoms with E-state index in [1.165, 1.54) is 5.57 Å². The van der Waals surface area contributed by atoms with Gasteiger partial charge in [0, 0.05) is 36.0 Å². The molecule has 1 aliphatic carbocycles. The minimum atomic E-state index is -1.27. The maximum atomic E-state index is 12.5. The van der Waals surface area contributed by atoms with Crippen LogP contribution in [-0.2, 0) is 19.1 Å². The number of piperidine rings is 2. The Morgan fingerprint density at radius 2 is 2.19 bits per heavy atom. The summed E-state index contributed by atoms with van der Waals surface area (Å²) in [4.78, 5) is 38.3. The third-order valence-electron chi connectivity index (χ3n) is 7.38. The Balaban J connectivity index is 1.72. The van der Waals surface area contributed by atoms with E-state index in [4.69, 9.17) is 4.74 Å². The second kappa shape index (κ2) is 5.65. The SMILES string of the molecule is O=C(O)/C=C(\C(=O)O)[C@@]12CCN3CC4=CCO[C@@H]5CC(=O)N[C@@H]1[C@@H]5[C@@H]4C[C@@H]32. The van der Waals surface area contributed by atoms with Crippen molar-refractivity contribution in [2.24, 2.45) is 17.3 Å². The van der Waals surface area contributed by atoms with E-state index >= 15 is 0 Å². The van der Waals surface area contributed by atoms with Crippen molar-refractivity contribution >= 4 is 17.8 Å². The molecule has 4 fully saturated rings. The van der Waals surface area contributed by atoms with Crippen molar-refractivity contribution in [1.82, 2.24) is 10.2 Å². The molecule has 2 bridgehead atoms. The number of ether oxygens (including phenoxy) is 1.